The molecule has 14 heteroatoms. The topological polar surface area (TPSA) is 251 Å². The second kappa shape index (κ2) is 14.3. The molecule has 4 unspecified atom stereocenters. The third-order valence-electron chi connectivity index (χ3n) is 5.00. The maximum atomic E-state index is 13.0. The molecule has 0 radical (unpaired) electrons. The summed E-state index contributed by atoms with van der Waals surface area (Å²) in [6, 6.07) is 0.582. The molecular formula is C22H31N5O9. The fourth-order valence-corrected chi connectivity index (χ4v) is 3.01. The predicted octanol–water partition coefficient (Wildman–Crippen LogP) is -2.05. The van der Waals surface area contributed by atoms with Crippen molar-refractivity contribution in [2.45, 2.75) is 63.2 Å². The van der Waals surface area contributed by atoms with Crippen LogP contribution in [-0.2, 0) is 35.2 Å². The lowest BCUT2D eigenvalue weighted by Crippen LogP contribution is -2.57. The molecule has 0 saturated heterocycles. The quantitative estimate of drug-likeness (QED) is 0.128. The zero-order valence-corrected chi connectivity index (χ0v) is 19.6. The van der Waals surface area contributed by atoms with Gasteiger partial charge in [0, 0.05) is 19.3 Å². The normalized spacial score (nSPS) is 13.9. The van der Waals surface area contributed by atoms with Gasteiger partial charge in [-0.25, -0.2) is 4.79 Å². The number of amides is 4. The number of primary amides is 1. The minimum Gasteiger partial charge on any atom is -0.508 e. The summed E-state index contributed by atoms with van der Waals surface area (Å²) in [7, 11) is 0. The fourth-order valence-electron chi connectivity index (χ4n) is 3.01. The number of hydrogen-bond acceptors (Lipinski definition) is 8. The molecule has 0 bridgehead atoms. The van der Waals surface area contributed by atoms with Crippen molar-refractivity contribution in [1.29, 1.82) is 0 Å². The highest BCUT2D eigenvalue weighted by Gasteiger charge is 2.30. The van der Waals surface area contributed by atoms with E-state index in [2.05, 4.69) is 16.0 Å². The zero-order chi connectivity index (χ0) is 27.4. The van der Waals surface area contributed by atoms with Crippen molar-refractivity contribution in [3.8, 4) is 5.75 Å². The Labute approximate surface area is 206 Å². The van der Waals surface area contributed by atoms with E-state index in [0.717, 1.165) is 0 Å². The summed E-state index contributed by atoms with van der Waals surface area (Å²) in [5, 5.41) is 34.8. The summed E-state index contributed by atoms with van der Waals surface area (Å²) in [5.74, 6) is -6.05. The molecule has 0 aromatic heterocycles. The number of carboxylic acid groups (broad SMARTS) is 2. The van der Waals surface area contributed by atoms with Gasteiger partial charge in [-0.15, -0.1) is 0 Å². The van der Waals surface area contributed by atoms with Gasteiger partial charge in [0.05, 0.1) is 6.04 Å². The van der Waals surface area contributed by atoms with Crippen molar-refractivity contribution in [2.24, 2.45) is 11.5 Å². The van der Waals surface area contributed by atoms with Gasteiger partial charge in [-0.05, 0) is 37.5 Å². The van der Waals surface area contributed by atoms with Crippen molar-refractivity contribution < 1.29 is 44.1 Å². The first-order valence-electron chi connectivity index (χ1n) is 11.0. The van der Waals surface area contributed by atoms with E-state index < -0.39 is 66.2 Å². The van der Waals surface area contributed by atoms with Gasteiger partial charge in [0.15, 0.2) is 0 Å². The fraction of sp³-hybridized carbons (Fsp3) is 0.455. The van der Waals surface area contributed by atoms with Crippen LogP contribution in [0.3, 0.4) is 0 Å². The highest BCUT2D eigenvalue weighted by atomic mass is 16.4. The Kier molecular flexibility index (Phi) is 11.8. The second-order valence-corrected chi connectivity index (χ2v) is 8.12. The van der Waals surface area contributed by atoms with Gasteiger partial charge < -0.3 is 42.7 Å². The molecule has 4 amide bonds. The van der Waals surface area contributed by atoms with E-state index in [0.29, 0.717) is 5.56 Å². The first kappa shape index (κ1) is 29.8. The third kappa shape index (κ3) is 10.8. The lowest BCUT2D eigenvalue weighted by atomic mass is 10.0. The molecule has 4 atom stereocenters. The predicted molar refractivity (Wildman–Crippen MR) is 124 cm³/mol. The van der Waals surface area contributed by atoms with Crippen LogP contribution < -0.4 is 27.4 Å². The second-order valence-electron chi connectivity index (χ2n) is 8.12. The SMILES string of the molecule is CC(N)C(=O)NC(Cc1ccc(O)cc1)C(=O)NC(CCC(=O)O)C(=O)NC(CCC(N)=O)C(=O)O. The molecule has 1 rings (SSSR count). The molecule has 0 spiro atoms. The molecule has 0 saturated carbocycles. The van der Waals surface area contributed by atoms with Crippen LogP contribution in [0, 0.1) is 0 Å². The minimum absolute atomic E-state index is 0.0194. The maximum absolute atomic E-state index is 13.0. The number of phenolic OH excluding ortho intramolecular Hbond substituents is 1. The summed E-state index contributed by atoms with van der Waals surface area (Å²) in [6.07, 6.45) is -1.63. The van der Waals surface area contributed by atoms with E-state index in [9.17, 15) is 39.0 Å². The Bertz CT molecular complexity index is 965. The number of rotatable bonds is 15. The molecule has 0 aliphatic heterocycles. The van der Waals surface area contributed by atoms with Crippen LogP contribution in [0.5, 0.6) is 5.75 Å². The molecule has 1 aromatic carbocycles. The molecule has 1 aromatic rings. The molecule has 198 valence electrons. The minimum atomic E-state index is -1.51. The number of aliphatic carboxylic acids is 2. The Hall–Kier alpha value is -4.20. The Morgan fingerprint density at radius 2 is 1.31 bits per heavy atom. The van der Waals surface area contributed by atoms with Crippen molar-refractivity contribution in [2.75, 3.05) is 0 Å². The van der Waals surface area contributed by atoms with Gasteiger partial charge >= 0.3 is 11.9 Å². The molecule has 14 nitrogen and oxygen atoms in total. The lowest BCUT2D eigenvalue weighted by Gasteiger charge is -2.25. The van der Waals surface area contributed by atoms with Crippen LogP contribution in [0.2, 0.25) is 0 Å². The Morgan fingerprint density at radius 1 is 0.806 bits per heavy atom. The van der Waals surface area contributed by atoms with E-state index in [4.69, 9.17) is 16.6 Å². The number of nitrogens with two attached hydrogens (primary N) is 2. The molecule has 10 N–H and O–H groups in total. The van der Waals surface area contributed by atoms with Gasteiger partial charge in [-0.1, -0.05) is 12.1 Å². The summed E-state index contributed by atoms with van der Waals surface area (Å²) in [6.45, 7) is 1.39. The Morgan fingerprint density at radius 3 is 1.81 bits per heavy atom. The number of hydrogen-bond donors (Lipinski definition) is 8. The summed E-state index contributed by atoms with van der Waals surface area (Å²) in [4.78, 5) is 71.5. The first-order chi connectivity index (χ1) is 16.8. The van der Waals surface area contributed by atoms with E-state index in [1.807, 2.05) is 0 Å². The highest BCUT2D eigenvalue weighted by Crippen LogP contribution is 2.12. The van der Waals surface area contributed by atoms with E-state index >= 15 is 0 Å². The lowest BCUT2D eigenvalue weighted by molar-refractivity contribution is -0.143. The van der Waals surface area contributed by atoms with Crippen LogP contribution in [0.25, 0.3) is 0 Å². The van der Waals surface area contributed by atoms with Gasteiger partial charge in [-0.2, -0.15) is 0 Å². The van der Waals surface area contributed by atoms with Crippen LogP contribution >= 0.6 is 0 Å². The largest absolute Gasteiger partial charge is 0.508 e. The van der Waals surface area contributed by atoms with Crippen molar-refractivity contribution in [3.63, 3.8) is 0 Å². The van der Waals surface area contributed by atoms with E-state index in [-0.39, 0.29) is 31.4 Å². The number of aromatic hydroxyl groups is 1. The number of carboxylic acids is 2. The van der Waals surface area contributed by atoms with Crippen LogP contribution in [0.1, 0.15) is 38.2 Å². The number of carbonyl (C=O) groups excluding carboxylic acids is 4. The average Bonchev–Trinajstić information content (AvgIpc) is 2.79. The third-order valence-corrected chi connectivity index (χ3v) is 5.00. The Balaban J connectivity index is 3.10. The number of nitrogens with one attached hydrogen (secondary N) is 3. The van der Waals surface area contributed by atoms with Gasteiger partial charge in [0.1, 0.15) is 23.9 Å². The average molecular weight is 510 g/mol. The summed E-state index contributed by atoms with van der Waals surface area (Å²) >= 11 is 0. The molecule has 0 aliphatic carbocycles. The van der Waals surface area contributed by atoms with Gasteiger partial charge in [0.2, 0.25) is 23.6 Å². The standard InChI is InChI=1S/C22H31N5O9/c1-11(23)19(32)27-16(10-12-2-4-13(28)5-3-12)21(34)25-14(7-9-18(30)31)20(33)26-15(22(35)36)6-8-17(24)29/h2-5,11,14-16,28H,6-10,23H2,1H3,(H2,24,29)(H,25,34)(H,26,33)(H,27,32)(H,30,31)(H,35,36). The summed E-state index contributed by atoms with van der Waals surface area (Å²) < 4.78 is 0. The molecular weight excluding hydrogens is 478 g/mol. The highest BCUT2D eigenvalue weighted by molar-refractivity contribution is 5.94. The number of benzene rings is 1. The van der Waals surface area contributed by atoms with Crippen molar-refractivity contribution >= 4 is 35.6 Å². The smallest absolute Gasteiger partial charge is 0.326 e. The molecule has 0 fully saturated rings. The molecule has 36 heavy (non-hydrogen) atoms. The monoisotopic (exact) mass is 509 g/mol. The number of carbonyl (C=O) groups is 6. The van der Waals surface area contributed by atoms with Crippen LogP contribution in [0.4, 0.5) is 0 Å². The number of phenols is 1. The zero-order valence-electron chi connectivity index (χ0n) is 19.6. The summed E-state index contributed by atoms with van der Waals surface area (Å²) in [5.41, 5.74) is 11.1. The van der Waals surface area contributed by atoms with Gasteiger partial charge in [-0.3, -0.25) is 24.0 Å². The molecule has 0 heterocycles. The van der Waals surface area contributed by atoms with Crippen molar-refractivity contribution in [1.82, 2.24) is 16.0 Å². The molecule has 0 aliphatic rings. The van der Waals surface area contributed by atoms with Crippen LogP contribution in [0.15, 0.2) is 24.3 Å². The van der Waals surface area contributed by atoms with Crippen molar-refractivity contribution in [3.05, 3.63) is 29.8 Å². The maximum Gasteiger partial charge on any atom is 0.326 e. The van der Waals surface area contributed by atoms with E-state index in [1.54, 1.807) is 0 Å². The van der Waals surface area contributed by atoms with E-state index in [1.165, 1.54) is 31.2 Å². The van der Waals surface area contributed by atoms with Gasteiger partial charge in [0.25, 0.3) is 0 Å². The first-order valence-corrected chi connectivity index (χ1v) is 11.0. The van der Waals surface area contributed by atoms with Crippen LogP contribution in [-0.4, -0.2) is 75.1 Å².